The van der Waals surface area contributed by atoms with Gasteiger partial charge >= 0.3 is 5.97 Å². The molecule has 27 heavy (non-hydrogen) atoms. The van der Waals surface area contributed by atoms with Crippen molar-refractivity contribution in [1.82, 2.24) is 18.9 Å². The Hall–Kier alpha value is -3.35. The first-order chi connectivity index (χ1) is 13.0. The Labute approximate surface area is 154 Å². The summed E-state index contributed by atoms with van der Waals surface area (Å²) in [6, 6.07) is 7.37. The zero-order valence-corrected chi connectivity index (χ0v) is 14.8. The maximum Gasteiger partial charge on any atom is 0.337 e. The number of carbonyl (C=O) groups is 1. The molecule has 7 nitrogen and oxygen atoms in total. The van der Waals surface area contributed by atoms with Crippen molar-refractivity contribution in [3.8, 4) is 5.69 Å². The summed E-state index contributed by atoms with van der Waals surface area (Å²) in [5.41, 5.74) is 1.65. The molecule has 3 aromatic heterocycles. The van der Waals surface area contributed by atoms with Crippen LogP contribution in [0.15, 0.2) is 47.7 Å². The number of para-hydroxylation sites is 1. The van der Waals surface area contributed by atoms with Gasteiger partial charge in [0.05, 0.1) is 23.0 Å². The van der Waals surface area contributed by atoms with Gasteiger partial charge in [0.1, 0.15) is 5.52 Å². The SMILES string of the molecule is Cn1c(=O)c2c(c(C(=O)O)cn2-c2cnn(CC3CC3)c2)c2ccccc21. The van der Waals surface area contributed by atoms with E-state index >= 15 is 0 Å². The molecule has 0 radical (unpaired) electrons. The molecule has 136 valence electrons. The third-order valence-electron chi connectivity index (χ3n) is 5.32. The lowest BCUT2D eigenvalue weighted by molar-refractivity contribution is 0.0699. The summed E-state index contributed by atoms with van der Waals surface area (Å²) in [6.07, 6.45) is 7.52. The van der Waals surface area contributed by atoms with Crippen molar-refractivity contribution in [2.45, 2.75) is 19.4 Å². The summed E-state index contributed by atoms with van der Waals surface area (Å²) in [5, 5.41) is 15.4. The number of benzene rings is 1. The fourth-order valence-corrected chi connectivity index (χ4v) is 3.74. The highest BCUT2D eigenvalue weighted by Gasteiger charge is 2.24. The van der Waals surface area contributed by atoms with Crippen LogP contribution in [0.1, 0.15) is 23.2 Å². The molecule has 7 heteroatoms. The fourth-order valence-electron chi connectivity index (χ4n) is 3.74. The Morgan fingerprint density at radius 3 is 2.78 bits per heavy atom. The molecule has 1 aliphatic carbocycles. The van der Waals surface area contributed by atoms with Gasteiger partial charge in [-0.15, -0.1) is 0 Å². The Morgan fingerprint density at radius 2 is 2.04 bits per heavy atom. The standard InChI is InChI=1S/C20H18N4O3/c1-22-16-5-3-2-4-14(16)17-15(20(26)27)11-24(18(17)19(22)25)13-8-21-23(10-13)9-12-6-7-12/h2-5,8,10-12H,6-7,9H2,1H3,(H,26,27). The van der Waals surface area contributed by atoms with Gasteiger partial charge < -0.3 is 14.2 Å². The molecule has 1 saturated carbocycles. The van der Waals surface area contributed by atoms with E-state index in [4.69, 9.17) is 0 Å². The molecule has 0 amide bonds. The quantitative estimate of drug-likeness (QED) is 0.605. The highest BCUT2D eigenvalue weighted by atomic mass is 16.4. The number of fused-ring (bicyclic) bond motifs is 3. The van der Waals surface area contributed by atoms with E-state index in [2.05, 4.69) is 5.10 Å². The third kappa shape index (κ3) is 2.38. The predicted octanol–water partition coefficient (Wildman–Crippen LogP) is 2.79. The molecular weight excluding hydrogens is 344 g/mol. The van der Waals surface area contributed by atoms with E-state index in [1.807, 2.05) is 35.1 Å². The number of aromatic nitrogens is 4. The summed E-state index contributed by atoms with van der Waals surface area (Å²) in [5.74, 6) is -0.381. The normalized spacial score (nSPS) is 14.3. The molecule has 0 bridgehead atoms. The maximum absolute atomic E-state index is 13.1. The number of carboxylic acids is 1. The first-order valence-electron chi connectivity index (χ1n) is 8.93. The van der Waals surface area contributed by atoms with Crippen LogP contribution < -0.4 is 5.56 Å². The molecule has 0 atom stereocenters. The monoisotopic (exact) mass is 362 g/mol. The van der Waals surface area contributed by atoms with Crippen molar-refractivity contribution >= 4 is 27.8 Å². The smallest absolute Gasteiger partial charge is 0.337 e. The molecule has 1 aliphatic rings. The number of aryl methyl sites for hydroxylation is 1. The first-order valence-corrected chi connectivity index (χ1v) is 8.93. The molecular formula is C20H18N4O3. The van der Waals surface area contributed by atoms with Gasteiger partial charge in [-0.25, -0.2) is 4.79 Å². The fraction of sp³-hybridized carbons (Fsp3) is 0.250. The van der Waals surface area contributed by atoms with Crippen molar-refractivity contribution in [3.05, 3.63) is 58.8 Å². The zero-order chi connectivity index (χ0) is 18.7. The van der Waals surface area contributed by atoms with E-state index in [9.17, 15) is 14.7 Å². The second-order valence-corrected chi connectivity index (χ2v) is 7.19. The van der Waals surface area contributed by atoms with Crippen LogP contribution in [0.2, 0.25) is 0 Å². The van der Waals surface area contributed by atoms with Crippen LogP contribution in [0.4, 0.5) is 0 Å². The number of hydrogen-bond acceptors (Lipinski definition) is 3. The van der Waals surface area contributed by atoms with Gasteiger partial charge in [0, 0.05) is 36.8 Å². The van der Waals surface area contributed by atoms with Crippen LogP contribution in [0.5, 0.6) is 0 Å². The van der Waals surface area contributed by atoms with Crippen molar-refractivity contribution in [2.24, 2.45) is 13.0 Å². The minimum atomic E-state index is -1.05. The average molecular weight is 362 g/mol. The minimum Gasteiger partial charge on any atom is -0.478 e. The highest BCUT2D eigenvalue weighted by molar-refractivity contribution is 6.15. The predicted molar refractivity (Wildman–Crippen MR) is 101 cm³/mol. The second-order valence-electron chi connectivity index (χ2n) is 7.19. The first kappa shape index (κ1) is 15.9. The number of pyridine rings is 1. The molecule has 1 aromatic carbocycles. The lowest BCUT2D eigenvalue weighted by Gasteiger charge is -2.08. The van der Waals surface area contributed by atoms with Gasteiger partial charge in [0.25, 0.3) is 5.56 Å². The number of nitrogens with zero attached hydrogens (tertiary/aromatic N) is 4. The van der Waals surface area contributed by atoms with E-state index in [0.29, 0.717) is 28.0 Å². The van der Waals surface area contributed by atoms with Crippen molar-refractivity contribution in [1.29, 1.82) is 0 Å². The van der Waals surface area contributed by atoms with E-state index in [1.54, 1.807) is 22.4 Å². The highest BCUT2D eigenvalue weighted by Crippen LogP contribution is 2.32. The van der Waals surface area contributed by atoms with Gasteiger partial charge in [-0.2, -0.15) is 5.10 Å². The summed E-state index contributed by atoms with van der Waals surface area (Å²) < 4.78 is 5.09. The van der Waals surface area contributed by atoms with E-state index in [-0.39, 0.29) is 11.1 Å². The van der Waals surface area contributed by atoms with Gasteiger partial charge in [-0.3, -0.25) is 9.48 Å². The van der Waals surface area contributed by atoms with E-state index in [0.717, 1.165) is 11.9 Å². The third-order valence-corrected chi connectivity index (χ3v) is 5.32. The zero-order valence-electron chi connectivity index (χ0n) is 14.8. The topological polar surface area (TPSA) is 82.0 Å². The molecule has 0 saturated heterocycles. The summed E-state index contributed by atoms with van der Waals surface area (Å²) in [6.45, 7) is 0.853. The number of carboxylic acid groups (broad SMARTS) is 1. The van der Waals surface area contributed by atoms with Crippen LogP contribution in [-0.4, -0.2) is 30.0 Å². The molecule has 1 N–H and O–H groups in total. The number of hydrogen-bond donors (Lipinski definition) is 1. The summed E-state index contributed by atoms with van der Waals surface area (Å²) >= 11 is 0. The molecule has 0 aliphatic heterocycles. The molecule has 1 fully saturated rings. The summed E-state index contributed by atoms with van der Waals surface area (Å²) in [4.78, 5) is 25.0. The Bertz CT molecular complexity index is 1270. The molecule has 0 spiro atoms. The number of rotatable bonds is 4. The minimum absolute atomic E-state index is 0.119. The van der Waals surface area contributed by atoms with Crippen LogP contribution in [0.25, 0.3) is 27.5 Å². The van der Waals surface area contributed by atoms with E-state index in [1.165, 1.54) is 19.0 Å². The van der Waals surface area contributed by atoms with Crippen molar-refractivity contribution in [3.63, 3.8) is 0 Å². The number of aromatic carboxylic acids is 1. The van der Waals surface area contributed by atoms with Gasteiger partial charge in [0.15, 0.2) is 0 Å². The van der Waals surface area contributed by atoms with Crippen molar-refractivity contribution in [2.75, 3.05) is 0 Å². The van der Waals surface area contributed by atoms with Gasteiger partial charge in [-0.05, 0) is 24.8 Å². The summed E-state index contributed by atoms with van der Waals surface area (Å²) in [7, 11) is 1.71. The molecule has 4 aromatic rings. The molecule has 3 heterocycles. The Balaban J connectivity index is 1.84. The average Bonchev–Trinajstić information content (AvgIpc) is 3.19. The second kappa shape index (κ2) is 5.57. The van der Waals surface area contributed by atoms with Crippen LogP contribution in [-0.2, 0) is 13.6 Å². The molecule has 0 unspecified atom stereocenters. The lowest BCUT2D eigenvalue weighted by atomic mass is 10.1. The van der Waals surface area contributed by atoms with E-state index < -0.39 is 5.97 Å². The maximum atomic E-state index is 13.1. The van der Waals surface area contributed by atoms with Crippen LogP contribution >= 0.6 is 0 Å². The molecule has 5 rings (SSSR count). The van der Waals surface area contributed by atoms with Crippen LogP contribution in [0, 0.1) is 5.92 Å². The Morgan fingerprint density at radius 1 is 1.26 bits per heavy atom. The van der Waals surface area contributed by atoms with Gasteiger partial charge in [-0.1, -0.05) is 18.2 Å². The largest absolute Gasteiger partial charge is 0.478 e. The van der Waals surface area contributed by atoms with Crippen LogP contribution in [0.3, 0.4) is 0 Å². The van der Waals surface area contributed by atoms with Crippen molar-refractivity contribution < 1.29 is 9.90 Å². The Kier molecular flexibility index (Phi) is 3.28. The lowest BCUT2D eigenvalue weighted by Crippen LogP contribution is -2.19. The van der Waals surface area contributed by atoms with Gasteiger partial charge in [0.2, 0.25) is 0 Å².